The molecule has 1 aliphatic carbocycles. The number of aliphatic hydroxyl groups excluding tert-OH is 1. The predicted molar refractivity (Wildman–Crippen MR) is 82.5 cm³/mol. The molecule has 0 saturated heterocycles. The van der Waals surface area contributed by atoms with Crippen molar-refractivity contribution < 1.29 is 5.11 Å². The van der Waals surface area contributed by atoms with Crippen LogP contribution in [0, 0.1) is 0 Å². The van der Waals surface area contributed by atoms with Crippen molar-refractivity contribution >= 4 is 22.1 Å². The van der Waals surface area contributed by atoms with Crippen LogP contribution in [0.15, 0.2) is 11.6 Å². The van der Waals surface area contributed by atoms with Crippen LogP contribution in [0.25, 0.3) is 4.96 Å². The van der Waals surface area contributed by atoms with Crippen LogP contribution in [-0.2, 0) is 6.54 Å². The average molecular weight is 294 g/mol. The number of hydrogen-bond donors (Lipinski definition) is 2. The van der Waals surface area contributed by atoms with Crippen molar-refractivity contribution in [2.24, 2.45) is 0 Å². The van der Waals surface area contributed by atoms with E-state index in [1.54, 1.807) is 11.3 Å². The second kappa shape index (κ2) is 6.11. The molecule has 3 rings (SSSR count). The number of nitrogens with zero attached hydrogens (tertiary/aromatic N) is 3. The Bertz CT molecular complexity index is 561. The second-order valence-corrected chi connectivity index (χ2v) is 6.20. The number of aliphatic hydroxyl groups is 1. The molecule has 5 nitrogen and oxygen atoms in total. The topological polar surface area (TPSA) is 52.8 Å². The molecule has 1 aliphatic rings. The van der Waals surface area contributed by atoms with Crippen molar-refractivity contribution in [2.75, 3.05) is 25.1 Å². The van der Waals surface area contributed by atoms with Gasteiger partial charge in [-0.1, -0.05) is 0 Å². The number of nitrogens with one attached hydrogen (secondary N) is 1. The van der Waals surface area contributed by atoms with Gasteiger partial charge in [-0.15, -0.1) is 11.3 Å². The average Bonchev–Trinajstić information content (AvgIpc) is 2.95. The summed E-state index contributed by atoms with van der Waals surface area (Å²) in [5.41, 5.74) is 1.23. The Hall–Kier alpha value is -1.11. The van der Waals surface area contributed by atoms with Crippen LogP contribution in [0.3, 0.4) is 0 Å². The molecule has 2 N–H and O–H groups in total. The third kappa shape index (κ3) is 2.43. The van der Waals surface area contributed by atoms with Crippen molar-refractivity contribution in [1.82, 2.24) is 14.7 Å². The highest BCUT2D eigenvalue weighted by molar-refractivity contribution is 7.15. The largest absolute Gasteiger partial charge is 0.396 e. The summed E-state index contributed by atoms with van der Waals surface area (Å²) in [7, 11) is 1.97. The summed E-state index contributed by atoms with van der Waals surface area (Å²) in [4.78, 5) is 8.30. The van der Waals surface area contributed by atoms with Crippen molar-refractivity contribution in [3.05, 3.63) is 17.3 Å². The van der Waals surface area contributed by atoms with Gasteiger partial charge in [-0.3, -0.25) is 4.40 Å². The first-order valence-electron chi connectivity index (χ1n) is 7.31. The Morgan fingerprint density at radius 3 is 3.05 bits per heavy atom. The van der Waals surface area contributed by atoms with Gasteiger partial charge in [0.2, 0.25) is 0 Å². The summed E-state index contributed by atoms with van der Waals surface area (Å²) in [6, 6.07) is 0.599. The Labute approximate surface area is 123 Å². The minimum Gasteiger partial charge on any atom is -0.396 e. The molecule has 0 amide bonds. The quantitative estimate of drug-likeness (QED) is 0.818. The Morgan fingerprint density at radius 1 is 1.55 bits per heavy atom. The minimum atomic E-state index is 0.243. The van der Waals surface area contributed by atoms with Crippen LogP contribution in [0.4, 0.5) is 5.82 Å². The zero-order chi connectivity index (χ0) is 13.9. The lowest BCUT2D eigenvalue weighted by molar-refractivity contribution is 0.282. The third-order valence-electron chi connectivity index (χ3n) is 4.03. The zero-order valence-corrected chi connectivity index (χ0v) is 12.7. The molecule has 0 aromatic carbocycles. The molecule has 20 heavy (non-hydrogen) atoms. The first kappa shape index (κ1) is 13.9. The first-order chi connectivity index (χ1) is 9.85. The molecule has 0 aliphatic heterocycles. The normalized spacial score (nSPS) is 15.7. The summed E-state index contributed by atoms with van der Waals surface area (Å²) < 4.78 is 2.18. The van der Waals surface area contributed by atoms with Gasteiger partial charge in [-0.05, 0) is 32.7 Å². The Morgan fingerprint density at radius 2 is 2.40 bits per heavy atom. The van der Waals surface area contributed by atoms with E-state index >= 15 is 0 Å². The Balaban J connectivity index is 1.95. The first-order valence-corrected chi connectivity index (χ1v) is 8.19. The fraction of sp³-hybridized carbons (Fsp3) is 0.643. The summed E-state index contributed by atoms with van der Waals surface area (Å²) in [6.45, 7) is 1.95. The molecule has 0 bridgehead atoms. The van der Waals surface area contributed by atoms with Crippen molar-refractivity contribution in [3.8, 4) is 0 Å². The molecule has 0 atom stereocenters. The fourth-order valence-electron chi connectivity index (χ4n) is 2.78. The smallest absolute Gasteiger partial charge is 0.195 e. The molecule has 0 spiro atoms. The molecule has 1 saturated carbocycles. The van der Waals surface area contributed by atoms with E-state index < -0.39 is 0 Å². The van der Waals surface area contributed by atoms with E-state index in [0.29, 0.717) is 6.04 Å². The van der Waals surface area contributed by atoms with Crippen molar-refractivity contribution in [2.45, 2.75) is 38.3 Å². The van der Waals surface area contributed by atoms with E-state index in [9.17, 15) is 0 Å². The summed E-state index contributed by atoms with van der Waals surface area (Å²) in [5, 5.41) is 14.5. The van der Waals surface area contributed by atoms with E-state index in [1.807, 2.05) is 7.05 Å². The van der Waals surface area contributed by atoms with Gasteiger partial charge in [0.25, 0.3) is 0 Å². The molecule has 0 radical (unpaired) electrons. The summed E-state index contributed by atoms with van der Waals surface area (Å²) >= 11 is 1.67. The lowest BCUT2D eigenvalue weighted by Gasteiger charge is -2.38. The van der Waals surface area contributed by atoms with Crippen molar-refractivity contribution in [3.63, 3.8) is 0 Å². The zero-order valence-electron chi connectivity index (χ0n) is 11.9. The van der Waals surface area contributed by atoms with Gasteiger partial charge in [0.1, 0.15) is 0 Å². The van der Waals surface area contributed by atoms with Gasteiger partial charge in [0.15, 0.2) is 10.8 Å². The molecule has 2 aromatic rings. The number of fused-ring (bicyclic) bond motifs is 1. The van der Waals surface area contributed by atoms with Gasteiger partial charge in [0, 0.05) is 37.3 Å². The lowest BCUT2D eigenvalue weighted by atomic mass is 9.91. The molecule has 2 heterocycles. The van der Waals surface area contributed by atoms with Crippen LogP contribution >= 0.6 is 11.3 Å². The van der Waals surface area contributed by atoms with Gasteiger partial charge in [-0.2, -0.15) is 0 Å². The molecular weight excluding hydrogens is 272 g/mol. The summed E-state index contributed by atoms with van der Waals surface area (Å²) in [5.74, 6) is 1.10. The molecule has 0 unspecified atom stereocenters. The number of imidazole rings is 1. The lowest BCUT2D eigenvalue weighted by Crippen LogP contribution is -2.42. The standard InChI is InChI=1S/C14H22N4OS/c1-15-10-12-13(16-14-18(12)7-9-20-14)17(6-3-8-19)11-4-2-5-11/h7,9,11,15,19H,2-6,8,10H2,1H3. The van der Waals surface area contributed by atoms with E-state index in [1.165, 1.54) is 25.0 Å². The molecular formula is C14H22N4OS. The monoisotopic (exact) mass is 294 g/mol. The molecule has 110 valence electrons. The number of rotatable bonds is 7. The minimum absolute atomic E-state index is 0.243. The second-order valence-electron chi connectivity index (χ2n) is 5.32. The highest BCUT2D eigenvalue weighted by Gasteiger charge is 2.29. The molecule has 6 heteroatoms. The van der Waals surface area contributed by atoms with Crippen molar-refractivity contribution in [1.29, 1.82) is 0 Å². The van der Waals surface area contributed by atoms with E-state index in [2.05, 4.69) is 26.2 Å². The van der Waals surface area contributed by atoms with E-state index in [0.717, 1.165) is 30.3 Å². The highest BCUT2D eigenvalue weighted by Crippen LogP contribution is 2.32. The van der Waals surface area contributed by atoms with Gasteiger partial charge in [-0.25, -0.2) is 4.98 Å². The Kier molecular flexibility index (Phi) is 4.24. The predicted octanol–water partition coefficient (Wildman–Crippen LogP) is 1.86. The van der Waals surface area contributed by atoms with Crippen LogP contribution in [0.5, 0.6) is 0 Å². The maximum Gasteiger partial charge on any atom is 0.195 e. The number of thiazole rings is 1. The van der Waals surface area contributed by atoms with Gasteiger partial charge >= 0.3 is 0 Å². The van der Waals surface area contributed by atoms with Crippen LogP contribution in [-0.4, -0.2) is 40.7 Å². The van der Waals surface area contributed by atoms with E-state index in [4.69, 9.17) is 10.1 Å². The van der Waals surface area contributed by atoms with Gasteiger partial charge < -0.3 is 15.3 Å². The van der Waals surface area contributed by atoms with Gasteiger partial charge in [0.05, 0.1) is 5.69 Å². The summed E-state index contributed by atoms with van der Waals surface area (Å²) in [6.07, 6.45) is 6.70. The van der Waals surface area contributed by atoms with E-state index in [-0.39, 0.29) is 6.61 Å². The van der Waals surface area contributed by atoms with Crippen LogP contribution < -0.4 is 10.2 Å². The maximum absolute atomic E-state index is 9.14. The SMILES string of the molecule is CNCc1c(N(CCCO)C2CCC2)nc2sccn12. The molecule has 1 fully saturated rings. The number of anilines is 1. The highest BCUT2D eigenvalue weighted by atomic mass is 32.1. The van der Waals surface area contributed by atoms with Crippen LogP contribution in [0.1, 0.15) is 31.4 Å². The maximum atomic E-state index is 9.14. The third-order valence-corrected chi connectivity index (χ3v) is 4.79. The number of hydrogen-bond acceptors (Lipinski definition) is 5. The molecule has 2 aromatic heterocycles. The van der Waals surface area contributed by atoms with Crippen LogP contribution in [0.2, 0.25) is 0 Å². The number of aromatic nitrogens is 2. The fourth-order valence-corrected chi connectivity index (χ4v) is 3.51.